The van der Waals surface area contributed by atoms with Crippen LogP contribution in [0.2, 0.25) is 0 Å². The number of benzene rings is 3. The second-order valence-electron chi connectivity index (χ2n) is 7.01. The predicted molar refractivity (Wildman–Crippen MR) is 116 cm³/mol. The van der Waals surface area contributed by atoms with Crippen LogP contribution in [0.3, 0.4) is 0 Å². The van der Waals surface area contributed by atoms with Crippen LogP contribution in [-0.4, -0.2) is 18.9 Å². The standard InChI is InChI=1S/C24H24N2O3/c1-15-5-11-20(17(3)13-15)25-23(27)18-7-9-19(10-8-18)24(28)26-21-14-16(2)6-12-22(21)29-4/h5-14H,1-4H3,(H,25,27)(H,26,28). The van der Waals surface area contributed by atoms with Crippen LogP contribution < -0.4 is 15.4 Å². The third-order valence-electron chi connectivity index (χ3n) is 4.64. The molecule has 0 saturated heterocycles. The molecule has 0 unspecified atom stereocenters. The van der Waals surface area contributed by atoms with Crippen LogP contribution >= 0.6 is 0 Å². The average Bonchev–Trinajstić information content (AvgIpc) is 2.70. The number of rotatable bonds is 5. The van der Waals surface area contributed by atoms with Gasteiger partial charge in [-0.1, -0.05) is 23.8 Å². The van der Waals surface area contributed by atoms with Crippen molar-refractivity contribution in [3.05, 3.63) is 88.5 Å². The topological polar surface area (TPSA) is 67.4 Å². The summed E-state index contributed by atoms with van der Waals surface area (Å²) in [7, 11) is 1.56. The Bertz CT molecular complexity index is 1060. The largest absolute Gasteiger partial charge is 0.495 e. The highest BCUT2D eigenvalue weighted by atomic mass is 16.5. The fourth-order valence-electron chi connectivity index (χ4n) is 3.04. The number of carbonyl (C=O) groups is 2. The zero-order valence-electron chi connectivity index (χ0n) is 17.0. The summed E-state index contributed by atoms with van der Waals surface area (Å²) in [5.74, 6) is 0.105. The Morgan fingerprint density at radius 3 is 1.76 bits per heavy atom. The van der Waals surface area contributed by atoms with E-state index < -0.39 is 0 Å². The molecule has 0 aromatic heterocycles. The number of hydrogen-bond donors (Lipinski definition) is 2. The van der Waals surface area contributed by atoms with E-state index >= 15 is 0 Å². The first-order valence-corrected chi connectivity index (χ1v) is 9.32. The number of hydrogen-bond acceptors (Lipinski definition) is 3. The minimum atomic E-state index is -0.268. The van der Waals surface area contributed by atoms with Crippen LogP contribution in [0, 0.1) is 20.8 Å². The van der Waals surface area contributed by atoms with Gasteiger partial charge in [0.25, 0.3) is 11.8 Å². The molecule has 0 spiro atoms. The van der Waals surface area contributed by atoms with Crippen molar-refractivity contribution in [3.8, 4) is 5.75 Å². The summed E-state index contributed by atoms with van der Waals surface area (Å²) in [4.78, 5) is 25.1. The number of carbonyl (C=O) groups excluding carboxylic acids is 2. The maximum atomic E-state index is 12.6. The van der Waals surface area contributed by atoms with Gasteiger partial charge in [0.1, 0.15) is 5.75 Å². The Labute approximate surface area is 170 Å². The van der Waals surface area contributed by atoms with Crippen LogP contribution in [0.15, 0.2) is 60.7 Å². The quantitative estimate of drug-likeness (QED) is 0.637. The summed E-state index contributed by atoms with van der Waals surface area (Å²) in [5.41, 5.74) is 5.47. The highest BCUT2D eigenvalue weighted by Crippen LogP contribution is 2.26. The average molecular weight is 388 g/mol. The minimum Gasteiger partial charge on any atom is -0.495 e. The molecule has 0 aliphatic carbocycles. The van der Waals surface area contributed by atoms with Crippen molar-refractivity contribution < 1.29 is 14.3 Å². The molecule has 5 heteroatoms. The molecule has 5 nitrogen and oxygen atoms in total. The van der Waals surface area contributed by atoms with Crippen molar-refractivity contribution in [2.75, 3.05) is 17.7 Å². The van der Waals surface area contributed by atoms with E-state index in [0.29, 0.717) is 22.6 Å². The molecule has 148 valence electrons. The monoisotopic (exact) mass is 388 g/mol. The number of ether oxygens (including phenoxy) is 1. The zero-order chi connectivity index (χ0) is 21.0. The summed E-state index contributed by atoms with van der Waals surface area (Å²) in [5, 5.41) is 5.76. The van der Waals surface area contributed by atoms with Gasteiger partial charge >= 0.3 is 0 Å². The van der Waals surface area contributed by atoms with Gasteiger partial charge in [-0.3, -0.25) is 9.59 Å². The summed E-state index contributed by atoms with van der Waals surface area (Å²) >= 11 is 0. The molecule has 0 bridgehead atoms. The van der Waals surface area contributed by atoms with Crippen molar-refractivity contribution in [2.24, 2.45) is 0 Å². The number of amides is 2. The number of nitrogens with one attached hydrogen (secondary N) is 2. The molecule has 29 heavy (non-hydrogen) atoms. The molecule has 0 heterocycles. The normalized spacial score (nSPS) is 10.3. The van der Waals surface area contributed by atoms with Gasteiger partial charge < -0.3 is 15.4 Å². The molecule has 2 N–H and O–H groups in total. The van der Waals surface area contributed by atoms with E-state index in [9.17, 15) is 9.59 Å². The molecular weight excluding hydrogens is 364 g/mol. The second-order valence-corrected chi connectivity index (χ2v) is 7.01. The lowest BCUT2D eigenvalue weighted by molar-refractivity contribution is 0.101. The molecule has 3 rings (SSSR count). The predicted octanol–water partition coefficient (Wildman–Crippen LogP) is 5.13. The van der Waals surface area contributed by atoms with Crippen LogP contribution in [0.5, 0.6) is 5.75 Å². The fourth-order valence-corrected chi connectivity index (χ4v) is 3.04. The van der Waals surface area contributed by atoms with Gasteiger partial charge in [0.15, 0.2) is 0 Å². The van der Waals surface area contributed by atoms with Crippen LogP contribution in [-0.2, 0) is 0 Å². The molecule has 0 fully saturated rings. The van der Waals surface area contributed by atoms with E-state index in [0.717, 1.165) is 22.4 Å². The Kier molecular flexibility index (Phi) is 5.98. The molecule has 0 radical (unpaired) electrons. The van der Waals surface area contributed by atoms with E-state index in [1.165, 1.54) is 0 Å². The zero-order valence-corrected chi connectivity index (χ0v) is 17.0. The minimum absolute atomic E-state index is 0.218. The van der Waals surface area contributed by atoms with E-state index in [4.69, 9.17) is 4.74 Å². The Hall–Kier alpha value is -3.60. The Morgan fingerprint density at radius 2 is 1.21 bits per heavy atom. The fraction of sp³-hybridized carbons (Fsp3) is 0.167. The van der Waals surface area contributed by atoms with Gasteiger partial charge in [0, 0.05) is 16.8 Å². The van der Waals surface area contributed by atoms with Crippen LogP contribution in [0.1, 0.15) is 37.4 Å². The molecule has 2 amide bonds. The lowest BCUT2D eigenvalue weighted by Gasteiger charge is -2.12. The van der Waals surface area contributed by atoms with Gasteiger partial charge in [0.2, 0.25) is 0 Å². The molecule has 3 aromatic rings. The first-order valence-electron chi connectivity index (χ1n) is 9.32. The Balaban J connectivity index is 1.71. The highest BCUT2D eigenvalue weighted by molar-refractivity contribution is 6.07. The van der Waals surface area contributed by atoms with Crippen molar-refractivity contribution in [3.63, 3.8) is 0 Å². The molecule has 0 saturated carbocycles. The highest BCUT2D eigenvalue weighted by Gasteiger charge is 2.12. The van der Waals surface area contributed by atoms with Gasteiger partial charge in [-0.05, 0) is 74.4 Å². The summed E-state index contributed by atoms with van der Waals surface area (Å²) in [6.07, 6.45) is 0. The maximum Gasteiger partial charge on any atom is 0.255 e. The third kappa shape index (κ3) is 4.82. The lowest BCUT2D eigenvalue weighted by Crippen LogP contribution is -2.15. The summed E-state index contributed by atoms with van der Waals surface area (Å²) < 4.78 is 5.29. The van der Waals surface area contributed by atoms with Gasteiger partial charge in [-0.2, -0.15) is 0 Å². The van der Waals surface area contributed by atoms with Crippen molar-refractivity contribution in [1.29, 1.82) is 0 Å². The SMILES string of the molecule is COc1ccc(C)cc1NC(=O)c1ccc(C(=O)Nc2ccc(C)cc2C)cc1. The second kappa shape index (κ2) is 8.61. The molecule has 0 aliphatic rings. The number of anilines is 2. The smallest absolute Gasteiger partial charge is 0.255 e. The van der Waals surface area contributed by atoms with Gasteiger partial charge in [-0.25, -0.2) is 0 Å². The van der Waals surface area contributed by atoms with Crippen molar-refractivity contribution >= 4 is 23.2 Å². The molecule has 0 aliphatic heterocycles. The van der Waals surface area contributed by atoms with E-state index in [2.05, 4.69) is 10.6 Å². The molecule has 3 aromatic carbocycles. The summed E-state index contributed by atoms with van der Waals surface area (Å²) in [6.45, 7) is 5.91. The van der Waals surface area contributed by atoms with Crippen LogP contribution in [0.25, 0.3) is 0 Å². The number of methoxy groups -OCH3 is 1. The van der Waals surface area contributed by atoms with Crippen molar-refractivity contribution in [2.45, 2.75) is 20.8 Å². The van der Waals surface area contributed by atoms with Crippen LogP contribution in [0.4, 0.5) is 11.4 Å². The summed E-state index contributed by atoms with van der Waals surface area (Å²) in [6, 6.07) is 18.0. The van der Waals surface area contributed by atoms with Gasteiger partial charge in [-0.15, -0.1) is 0 Å². The molecular formula is C24H24N2O3. The van der Waals surface area contributed by atoms with E-state index in [1.807, 2.05) is 57.2 Å². The van der Waals surface area contributed by atoms with E-state index in [1.54, 1.807) is 31.4 Å². The third-order valence-corrected chi connectivity index (χ3v) is 4.64. The first kappa shape index (κ1) is 20.1. The first-order chi connectivity index (χ1) is 13.9. The lowest BCUT2D eigenvalue weighted by atomic mass is 10.1. The number of aryl methyl sites for hydroxylation is 3. The maximum absolute atomic E-state index is 12.6. The van der Waals surface area contributed by atoms with Crippen molar-refractivity contribution in [1.82, 2.24) is 0 Å². The van der Waals surface area contributed by atoms with Gasteiger partial charge in [0.05, 0.1) is 12.8 Å². The Morgan fingerprint density at radius 1 is 0.690 bits per heavy atom. The molecule has 0 atom stereocenters. The van der Waals surface area contributed by atoms with E-state index in [-0.39, 0.29) is 11.8 Å².